The Kier molecular flexibility index (Phi) is 5.27. The number of aromatic nitrogens is 2. The molecule has 3 aromatic carbocycles. The lowest BCUT2D eigenvalue weighted by Crippen LogP contribution is -2.24. The first kappa shape index (κ1) is 19.7. The smallest absolute Gasteiger partial charge is 0.348 e. The number of nitrogen functional groups attached to an aromatic ring is 1. The third-order valence-electron chi connectivity index (χ3n) is 5.33. The van der Waals surface area contributed by atoms with Gasteiger partial charge in [0.15, 0.2) is 0 Å². The van der Waals surface area contributed by atoms with Crippen LogP contribution in [0.5, 0.6) is 5.75 Å². The molecule has 0 bridgehead atoms. The first-order valence-electron chi connectivity index (χ1n) is 9.99. The average molecular weight is 399 g/mol. The summed E-state index contributed by atoms with van der Waals surface area (Å²) in [6.45, 7) is 4.71. The predicted octanol–water partition coefficient (Wildman–Crippen LogP) is 4.83. The van der Waals surface area contributed by atoms with Gasteiger partial charge in [-0.05, 0) is 47.4 Å². The van der Waals surface area contributed by atoms with E-state index < -0.39 is 0 Å². The van der Waals surface area contributed by atoms with Gasteiger partial charge < -0.3 is 10.5 Å². The molecular formula is C25H25N3O2. The maximum atomic E-state index is 13.0. The van der Waals surface area contributed by atoms with Gasteiger partial charge >= 0.3 is 5.69 Å². The maximum Gasteiger partial charge on any atom is 0.348 e. The van der Waals surface area contributed by atoms with Gasteiger partial charge in [-0.2, -0.15) is 4.98 Å². The lowest BCUT2D eigenvalue weighted by atomic mass is 9.99. The van der Waals surface area contributed by atoms with E-state index in [1.165, 1.54) is 5.56 Å². The summed E-state index contributed by atoms with van der Waals surface area (Å²) in [5.74, 6) is 1.16. The van der Waals surface area contributed by atoms with Gasteiger partial charge in [0.1, 0.15) is 5.75 Å². The molecule has 0 radical (unpaired) electrons. The Bertz CT molecular complexity index is 1260. The van der Waals surface area contributed by atoms with Crippen molar-refractivity contribution in [1.82, 2.24) is 9.55 Å². The number of hydrogen-bond acceptors (Lipinski definition) is 4. The molecule has 0 saturated heterocycles. The highest BCUT2D eigenvalue weighted by atomic mass is 16.5. The molecule has 1 aromatic heterocycles. The molecule has 0 atom stereocenters. The maximum absolute atomic E-state index is 13.0. The predicted molar refractivity (Wildman–Crippen MR) is 122 cm³/mol. The van der Waals surface area contributed by atoms with Crippen molar-refractivity contribution in [3.8, 4) is 17.0 Å². The molecular weight excluding hydrogens is 374 g/mol. The van der Waals surface area contributed by atoms with Crippen LogP contribution in [0.4, 0.5) is 5.69 Å². The fourth-order valence-electron chi connectivity index (χ4n) is 3.66. The first-order chi connectivity index (χ1) is 14.5. The third kappa shape index (κ3) is 3.79. The van der Waals surface area contributed by atoms with E-state index >= 15 is 0 Å². The minimum atomic E-state index is -0.293. The number of benzene rings is 3. The van der Waals surface area contributed by atoms with Crippen LogP contribution in [-0.2, 0) is 6.54 Å². The minimum Gasteiger partial charge on any atom is -0.497 e. The molecule has 0 unspecified atom stereocenters. The largest absolute Gasteiger partial charge is 0.497 e. The van der Waals surface area contributed by atoms with Crippen molar-refractivity contribution in [3.05, 3.63) is 88.3 Å². The van der Waals surface area contributed by atoms with Crippen LogP contribution in [0.1, 0.15) is 30.9 Å². The second-order valence-corrected chi connectivity index (χ2v) is 7.73. The van der Waals surface area contributed by atoms with Crippen molar-refractivity contribution in [2.24, 2.45) is 0 Å². The molecule has 0 aliphatic heterocycles. The van der Waals surface area contributed by atoms with Crippen LogP contribution in [0.2, 0.25) is 0 Å². The zero-order valence-corrected chi connectivity index (χ0v) is 17.4. The van der Waals surface area contributed by atoms with Crippen LogP contribution in [0.15, 0.2) is 71.5 Å². The zero-order valence-electron chi connectivity index (χ0n) is 17.4. The van der Waals surface area contributed by atoms with Crippen molar-refractivity contribution >= 4 is 16.6 Å². The molecule has 5 heteroatoms. The molecule has 4 rings (SSSR count). The monoisotopic (exact) mass is 399 g/mol. The molecule has 152 valence electrons. The highest BCUT2D eigenvalue weighted by Gasteiger charge is 2.14. The Hall–Kier alpha value is -3.60. The van der Waals surface area contributed by atoms with Crippen LogP contribution in [0.25, 0.3) is 22.2 Å². The van der Waals surface area contributed by atoms with Gasteiger partial charge in [0.2, 0.25) is 0 Å². The van der Waals surface area contributed by atoms with E-state index in [1.54, 1.807) is 11.7 Å². The van der Waals surface area contributed by atoms with Crippen molar-refractivity contribution in [2.45, 2.75) is 26.3 Å². The summed E-state index contributed by atoms with van der Waals surface area (Å²) >= 11 is 0. The Balaban J connectivity index is 1.90. The highest BCUT2D eigenvalue weighted by molar-refractivity contribution is 5.93. The molecule has 0 fully saturated rings. The third-order valence-corrected chi connectivity index (χ3v) is 5.33. The number of rotatable bonds is 5. The average Bonchev–Trinajstić information content (AvgIpc) is 2.75. The molecule has 4 aromatic rings. The SMILES string of the molecule is COc1ccc2c(c1)c(-c1ccc(C(C)C)cc1)nc(=O)n2Cc1cccc(N)c1. The van der Waals surface area contributed by atoms with Gasteiger partial charge in [-0.3, -0.25) is 4.57 Å². The zero-order chi connectivity index (χ0) is 21.3. The van der Waals surface area contributed by atoms with Crippen molar-refractivity contribution in [3.63, 3.8) is 0 Å². The van der Waals surface area contributed by atoms with Crippen LogP contribution < -0.4 is 16.2 Å². The number of anilines is 1. The summed E-state index contributed by atoms with van der Waals surface area (Å²) in [7, 11) is 1.63. The minimum absolute atomic E-state index is 0.293. The molecule has 0 amide bonds. The molecule has 30 heavy (non-hydrogen) atoms. The van der Waals surface area contributed by atoms with Gasteiger partial charge in [-0.25, -0.2) is 4.79 Å². The molecule has 1 heterocycles. The number of nitrogens with two attached hydrogens (primary N) is 1. The van der Waals surface area contributed by atoms with Gasteiger partial charge in [-0.15, -0.1) is 0 Å². The Morgan fingerprint density at radius 1 is 1.03 bits per heavy atom. The normalized spacial score (nSPS) is 11.2. The number of hydrogen-bond donors (Lipinski definition) is 1. The summed E-state index contributed by atoms with van der Waals surface area (Å²) in [6, 6.07) is 21.5. The number of fused-ring (bicyclic) bond motifs is 1. The fourth-order valence-corrected chi connectivity index (χ4v) is 3.66. The van der Waals surface area contributed by atoms with Gasteiger partial charge in [0.25, 0.3) is 0 Å². The molecule has 0 aliphatic rings. The van der Waals surface area contributed by atoms with E-state index in [0.717, 1.165) is 27.8 Å². The van der Waals surface area contributed by atoms with E-state index in [2.05, 4.69) is 31.0 Å². The summed E-state index contributed by atoms with van der Waals surface area (Å²) < 4.78 is 7.11. The van der Waals surface area contributed by atoms with Crippen molar-refractivity contribution < 1.29 is 4.74 Å². The second-order valence-electron chi connectivity index (χ2n) is 7.73. The molecule has 0 saturated carbocycles. The van der Waals surface area contributed by atoms with E-state index in [0.29, 0.717) is 23.8 Å². The molecule has 5 nitrogen and oxygen atoms in total. The van der Waals surface area contributed by atoms with Crippen molar-refractivity contribution in [2.75, 3.05) is 12.8 Å². The van der Waals surface area contributed by atoms with Crippen LogP contribution in [0, 0.1) is 0 Å². The Morgan fingerprint density at radius 2 is 1.80 bits per heavy atom. The quantitative estimate of drug-likeness (QED) is 0.488. The van der Waals surface area contributed by atoms with Gasteiger partial charge in [0, 0.05) is 16.6 Å². The second kappa shape index (κ2) is 8.03. The topological polar surface area (TPSA) is 70.1 Å². The summed E-state index contributed by atoms with van der Waals surface area (Å²) in [5.41, 5.74) is 10.9. The summed E-state index contributed by atoms with van der Waals surface area (Å²) in [5, 5.41) is 0.871. The molecule has 0 aliphatic carbocycles. The van der Waals surface area contributed by atoms with E-state index in [9.17, 15) is 4.79 Å². The van der Waals surface area contributed by atoms with Gasteiger partial charge in [-0.1, -0.05) is 50.2 Å². The number of ether oxygens (including phenoxy) is 1. The summed E-state index contributed by atoms with van der Waals surface area (Å²) in [4.78, 5) is 17.5. The van der Waals surface area contributed by atoms with Crippen LogP contribution in [0.3, 0.4) is 0 Å². The van der Waals surface area contributed by atoms with Crippen LogP contribution >= 0.6 is 0 Å². The Labute approximate surface area is 175 Å². The van der Waals surface area contributed by atoms with E-state index in [4.69, 9.17) is 10.5 Å². The highest BCUT2D eigenvalue weighted by Crippen LogP contribution is 2.30. The standard InChI is InChI=1S/C25H25N3O2/c1-16(2)18-7-9-19(10-8-18)24-22-14-21(30-3)11-12-23(22)28(25(29)27-24)15-17-5-4-6-20(26)13-17/h4-14,16H,15,26H2,1-3H3. The lowest BCUT2D eigenvalue weighted by molar-refractivity contribution is 0.415. The summed E-state index contributed by atoms with van der Waals surface area (Å²) in [6.07, 6.45) is 0. The fraction of sp³-hybridized carbons (Fsp3) is 0.200. The van der Waals surface area contributed by atoms with E-state index in [-0.39, 0.29) is 5.69 Å². The molecule has 0 spiro atoms. The van der Waals surface area contributed by atoms with Crippen LogP contribution in [-0.4, -0.2) is 16.7 Å². The number of nitrogens with zero attached hydrogens (tertiary/aromatic N) is 2. The van der Waals surface area contributed by atoms with E-state index in [1.807, 2.05) is 54.6 Å². The number of methoxy groups -OCH3 is 1. The molecule has 2 N–H and O–H groups in total. The first-order valence-corrected chi connectivity index (χ1v) is 9.99. The van der Waals surface area contributed by atoms with Crippen molar-refractivity contribution in [1.29, 1.82) is 0 Å². The Morgan fingerprint density at radius 3 is 2.47 bits per heavy atom. The lowest BCUT2D eigenvalue weighted by Gasteiger charge is -2.15. The van der Waals surface area contributed by atoms with Gasteiger partial charge in [0.05, 0.1) is 24.9 Å².